The van der Waals surface area contributed by atoms with Gasteiger partial charge in [0.15, 0.2) is 11.4 Å². The molecule has 1 aromatic heterocycles. The molecule has 0 radical (unpaired) electrons. The van der Waals surface area contributed by atoms with Crippen molar-refractivity contribution in [2.75, 3.05) is 13.6 Å². The maximum absolute atomic E-state index is 13.8. The molecular weight excluding hydrogens is 384 g/mol. The predicted molar refractivity (Wildman–Crippen MR) is 101 cm³/mol. The first kappa shape index (κ1) is 20.5. The van der Waals surface area contributed by atoms with E-state index in [1.807, 2.05) is 0 Å². The molecule has 0 atom stereocenters. The molecule has 2 heterocycles. The van der Waals surface area contributed by atoms with Gasteiger partial charge >= 0.3 is 0 Å². The van der Waals surface area contributed by atoms with E-state index in [1.54, 1.807) is 14.0 Å². The summed E-state index contributed by atoms with van der Waals surface area (Å²) in [5, 5.41) is 12.8. The zero-order chi connectivity index (χ0) is 21.3. The number of rotatable bonds is 5. The molecule has 1 aliphatic heterocycles. The topological polar surface area (TPSA) is 91.6 Å². The standard InChI is InChI=1S/C20H21F2N3O4/c1-3-24(2)20(29)16-18(27)17(26)15(14-5-4-8-25(14)16)19(28)23-10-11-6-7-12(21)9-13(11)22/h6-7,9,27H,3-5,8,10H2,1-2H3,(H,23,28). The molecule has 0 spiro atoms. The van der Waals surface area contributed by atoms with Gasteiger partial charge in [-0.15, -0.1) is 0 Å². The second-order valence-electron chi connectivity index (χ2n) is 6.84. The SMILES string of the molecule is CCN(C)C(=O)c1c(O)c(=O)c(C(=O)NCc2ccc(F)cc2F)c2n1CCC2. The number of nitrogens with zero attached hydrogens (tertiary/aromatic N) is 2. The number of benzene rings is 1. The van der Waals surface area contributed by atoms with Crippen LogP contribution in [0.4, 0.5) is 8.78 Å². The molecule has 0 unspecified atom stereocenters. The van der Waals surface area contributed by atoms with Gasteiger partial charge in [0.1, 0.15) is 17.2 Å². The molecule has 0 aliphatic carbocycles. The highest BCUT2D eigenvalue weighted by Crippen LogP contribution is 2.26. The fourth-order valence-electron chi connectivity index (χ4n) is 3.37. The molecular formula is C20H21F2N3O4. The molecule has 3 rings (SSSR count). The smallest absolute Gasteiger partial charge is 0.274 e. The van der Waals surface area contributed by atoms with Gasteiger partial charge in [0, 0.05) is 44.0 Å². The highest BCUT2D eigenvalue weighted by molar-refractivity contribution is 5.99. The Labute approximate surface area is 165 Å². The Morgan fingerprint density at radius 3 is 2.69 bits per heavy atom. The number of pyridine rings is 1. The zero-order valence-electron chi connectivity index (χ0n) is 16.1. The number of fused-ring (bicyclic) bond motifs is 1. The minimum atomic E-state index is -0.942. The van der Waals surface area contributed by atoms with E-state index in [4.69, 9.17) is 0 Å². The third-order valence-electron chi connectivity index (χ3n) is 5.05. The number of halogens is 2. The molecule has 1 aromatic carbocycles. The molecule has 2 amide bonds. The van der Waals surface area contributed by atoms with Crippen LogP contribution in [0.1, 0.15) is 45.4 Å². The fraction of sp³-hybridized carbons (Fsp3) is 0.350. The minimum Gasteiger partial charge on any atom is -0.503 e. The molecule has 2 N–H and O–H groups in total. The molecule has 154 valence electrons. The van der Waals surface area contributed by atoms with Crippen molar-refractivity contribution in [2.45, 2.75) is 32.9 Å². The first-order valence-corrected chi connectivity index (χ1v) is 9.22. The fourth-order valence-corrected chi connectivity index (χ4v) is 3.37. The second-order valence-corrected chi connectivity index (χ2v) is 6.84. The van der Waals surface area contributed by atoms with Crippen molar-refractivity contribution in [3.8, 4) is 5.75 Å². The van der Waals surface area contributed by atoms with E-state index in [-0.39, 0.29) is 23.4 Å². The lowest BCUT2D eigenvalue weighted by atomic mass is 10.1. The van der Waals surface area contributed by atoms with Crippen LogP contribution in [-0.4, -0.2) is 40.0 Å². The lowest BCUT2D eigenvalue weighted by Gasteiger charge is -2.20. The molecule has 29 heavy (non-hydrogen) atoms. The average molecular weight is 405 g/mol. The van der Waals surface area contributed by atoms with Crippen LogP contribution in [0.15, 0.2) is 23.0 Å². The molecule has 1 aliphatic rings. The number of aromatic nitrogens is 1. The molecule has 2 aromatic rings. The predicted octanol–water partition coefficient (Wildman–Crippen LogP) is 1.80. The van der Waals surface area contributed by atoms with E-state index >= 15 is 0 Å². The number of aromatic hydroxyl groups is 1. The van der Waals surface area contributed by atoms with Crippen molar-refractivity contribution in [1.82, 2.24) is 14.8 Å². The summed E-state index contributed by atoms with van der Waals surface area (Å²) in [4.78, 5) is 39.3. The van der Waals surface area contributed by atoms with Gasteiger partial charge in [0.2, 0.25) is 5.43 Å². The van der Waals surface area contributed by atoms with Crippen LogP contribution < -0.4 is 10.7 Å². The number of nitrogens with one attached hydrogen (secondary N) is 1. The van der Waals surface area contributed by atoms with Gasteiger partial charge in [-0.3, -0.25) is 14.4 Å². The molecule has 7 nitrogen and oxygen atoms in total. The van der Waals surface area contributed by atoms with Crippen LogP contribution in [0.5, 0.6) is 5.75 Å². The van der Waals surface area contributed by atoms with Crippen molar-refractivity contribution in [3.63, 3.8) is 0 Å². The molecule has 0 bridgehead atoms. The van der Waals surface area contributed by atoms with Gasteiger partial charge in [0.05, 0.1) is 0 Å². The van der Waals surface area contributed by atoms with Crippen molar-refractivity contribution >= 4 is 11.8 Å². The second kappa shape index (κ2) is 8.02. The Hall–Kier alpha value is -3.23. The van der Waals surface area contributed by atoms with Crippen LogP contribution in [0, 0.1) is 11.6 Å². The van der Waals surface area contributed by atoms with Crippen molar-refractivity contribution in [1.29, 1.82) is 0 Å². The highest BCUT2D eigenvalue weighted by atomic mass is 19.1. The Morgan fingerprint density at radius 1 is 1.31 bits per heavy atom. The van der Waals surface area contributed by atoms with Gasteiger partial charge in [-0.05, 0) is 25.8 Å². The largest absolute Gasteiger partial charge is 0.503 e. The van der Waals surface area contributed by atoms with Gasteiger partial charge in [-0.1, -0.05) is 6.07 Å². The molecule has 0 saturated carbocycles. The summed E-state index contributed by atoms with van der Waals surface area (Å²) in [5.74, 6) is -3.64. The van der Waals surface area contributed by atoms with Crippen LogP contribution >= 0.6 is 0 Å². The number of carbonyl (C=O) groups excluding carboxylic acids is 2. The van der Waals surface area contributed by atoms with E-state index in [0.717, 1.165) is 6.07 Å². The monoisotopic (exact) mass is 405 g/mol. The summed E-state index contributed by atoms with van der Waals surface area (Å²) >= 11 is 0. The molecule has 0 fully saturated rings. The quantitative estimate of drug-likeness (QED) is 0.794. The summed E-state index contributed by atoms with van der Waals surface area (Å²) in [5.41, 5.74) is -0.927. The number of carbonyl (C=O) groups is 2. The number of hydrogen-bond acceptors (Lipinski definition) is 4. The average Bonchev–Trinajstić information content (AvgIpc) is 3.15. The van der Waals surface area contributed by atoms with E-state index in [2.05, 4.69) is 5.32 Å². The van der Waals surface area contributed by atoms with E-state index in [1.165, 1.54) is 15.5 Å². The van der Waals surface area contributed by atoms with Gasteiger partial charge in [-0.2, -0.15) is 0 Å². The number of hydrogen-bond donors (Lipinski definition) is 2. The number of amides is 2. The van der Waals surface area contributed by atoms with Crippen LogP contribution in [0.3, 0.4) is 0 Å². The van der Waals surface area contributed by atoms with Crippen LogP contribution in [0.2, 0.25) is 0 Å². The minimum absolute atomic E-state index is 0.0529. The third-order valence-corrected chi connectivity index (χ3v) is 5.05. The van der Waals surface area contributed by atoms with E-state index in [9.17, 15) is 28.3 Å². The Bertz CT molecular complexity index is 1050. The van der Waals surface area contributed by atoms with E-state index < -0.39 is 34.6 Å². The first-order chi connectivity index (χ1) is 13.8. The lowest BCUT2D eigenvalue weighted by molar-refractivity contribution is 0.0785. The first-order valence-electron chi connectivity index (χ1n) is 9.22. The Kier molecular flexibility index (Phi) is 5.67. The van der Waals surface area contributed by atoms with Gasteiger partial charge < -0.3 is 19.9 Å². The molecule has 0 saturated heterocycles. The summed E-state index contributed by atoms with van der Waals surface area (Å²) in [6, 6.07) is 2.96. The Morgan fingerprint density at radius 2 is 2.03 bits per heavy atom. The summed E-state index contributed by atoms with van der Waals surface area (Å²) in [6.45, 7) is 2.26. The van der Waals surface area contributed by atoms with Crippen molar-refractivity contribution in [2.24, 2.45) is 0 Å². The maximum atomic E-state index is 13.8. The van der Waals surface area contributed by atoms with Crippen LogP contribution in [0.25, 0.3) is 0 Å². The zero-order valence-corrected chi connectivity index (χ0v) is 16.1. The van der Waals surface area contributed by atoms with Gasteiger partial charge in [0.25, 0.3) is 11.8 Å². The van der Waals surface area contributed by atoms with Crippen molar-refractivity contribution in [3.05, 3.63) is 62.6 Å². The third kappa shape index (κ3) is 3.72. The Balaban J connectivity index is 1.97. The summed E-state index contributed by atoms with van der Waals surface area (Å²) in [6.07, 6.45) is 0.991. The summed E-state index contributed by atoms with van der Waals surface area (Å²) in [7, 11) is 1.55. The summed E-state index contributed by atoms with van der Waals surface area (Å²) < 4.78 is 28.3. The van der Waals surface area contributed by atoms with Crippen LogP contribution in [-0.2, 0) is 19.5 Å². The lowest BCUT2D eigenvalue weighted by Crippen LogP contribution is -2.35. The normalized spacial score (nSPS) is 12.6. The maximum Gasteiger partial charge on any atom is 0.274 e. The van der Waals surface area contributed by atoms with Gasteiger partial charge in [-0.25, -0.2) is 8.78 Å². The van der Waals surface area contributed by atoms with E-state index in [0.29, 0.717) is 37.7 Å². The molecule has 9 heteroatoms. The van der Waals surface area contributed by atoms with Crippen molar-refractivity contribution < 1.29 is 23.5 Å². The highest BCUT2D eigenvalue weighted by Gasteiger charge is 2.31.